The fraction of sp³-hybridized carbons (Fsp3) is 0.286. The number of ether oxygens (including phenoxy) is 1. The van der Waals surface area contributed by atoms with Crippen LogP contribution in [-0.2, 0) is 6.54 Å². The van der Waals surface area contributed by atoms with Crippen LogP contribution < -0.4 is 21.1 Å². The van der Waals surface area contributed by atoms with E-state index in [4.69, 9.17) is 10.5 Å². The van der Waals surface area contributed by atoms with Crippen LogP contribution in [0.4, 0.5) is 5.82 Å². The van der Waals surface area contributed by atoms with Crippen molar-refractivity contribution in [3.8, 4) is 5.75 Å². The number of amides is 2. The summed E-state index contributed by atoms with van der Waals surface area (Å²) in [6.07, 6.45) is 0.651. The van der Waals surface area contributed by atoms with Crippen molar-refractivity contribution >= 4 is 28.5 Å². The van der Waals surface area contributed by atoms with Crippen LogP contribution in [0, 0.1) is 0 Å². The maximum Gasteiger partial charge on any atom is 0.256 e. The lowest BCUT2D eigenvalue weighted by Gasteiger charge is -2.11. The van der Waals surface area contributed by atoms with E-state index in [2.05, 4.69) is 15.7 Å². The van der Waals surface area contributed by atoms with Gasteiger partial charge >= 0.3 is 0 Å². The molecule has 9 heteroatoms. The van der Waals surface area contributed by atoms with Crippen molar-refractivity contribution in [1.82, 2.24) is 15.1 Å². The Balaban J connectivity index is 1.86. The maximum absolute atomic E-state index is 12.9. The summed E-state index contributed by atoms with van der Waals surface area (Å²) in [4.78, 5) is 25.3. The monoisotopic (exact) mass is 411 g/mol. The SMILES string of the molecule is COc1ccc(C(=O)Nc2nn(CCO)c3ccccc23)cc1C(=O)NCCCN. The van der Waals surface area contributed by atoms with E-state index in [0.29, 0.717) is 43.2 Å². The van der Waals surface area contributed by atoms with Crippen molar-refractivity contribution in [3.63, 3.8) is 0 Å². The molecule has 3 aromatic rings. The molecule has 0 atom stereocenters. The maximum atomic E-state index is 12.9. The van der Waals surface area contributed by atoms with Crippen LogP contribution in [0.3, 0.4) is 0 Å². The minimum atomic E-state index is -0.409. The number of benzene rings is 2. The minimum Gasteiger partial charge on any atom is -0.496 e. The molecule has 158 valence electrons. The van der Waals surface area contributed by atoms with Gasteiger partial charge in [0.2, 0.25) is 0 Å². The van der Waals surface area contributed by atoms with Crippen molar-refractivity contribution in [3.05, 3.63) is 53.6 Å². The number of aromatic nitrogens is 2. The second-order valence-electron chi connectivity index (χ2n) is 6.58. The van der Waals surface area contributed by atoms with E-state index >= 15 is 0 Å². The molecule has 0 aliphatic rings. The fourth-order valence-corrected chi connectivity index (χ4v) is 3.09. The van der Waals surface area contributed by atoms with Gasteiger partial charge in [0.1, 0.15) is 5.75 Å². The Hall–Kier alpha value is -3.43. The third-order valence-electron chi connectivity index (χ3n) is 4.57. The molecule has 1 aromatic heterocycles. The smallest absolute Gasteiger partial charge is 0.256 e. The number of fused-ring (bicyclic) bond motifs is 1. The molecule has 0 spiro atoms. The number of hydrogen-bond acceptors (Lipinski definition) is 6. The molecular formula is C21H25N5O4. The normalized spacial score (nSPS) is 10.8. The van der Waals surface area contributed by atoms with Gasteiger partial charge in [-0.25, -0.2) is 0 Å². The topological polar surface area (TPSA) is 132 Å². The summed E-state index contributed by atoms with van der Waals surface area (Å²) >= 11 is 0. The van der Waals surface area contributed by atoms with Crippen LogP contribution in [0.2, 0.25) is 0 Å². The number of hydrogen-bond donors (Lipinski definition) is 4. The van der Waals surface area contributed by atoms with Gasteiger partial charge in [0.15, 0.2) is 5.82 Å². The van der Waals surface area contributed by atoms with Crippen molar-refractivity contribution in [2.45, 2.75) is 13.0 Å². The molecule has 0 radical (unpaired) electrons. The molecule has 1 heterocycles. The molecule has 2 amide bonds. The standard InChI is InChI=1S/C21H25N5O4/c1-30-18-8-7-14(13-16(18)21(29)23-10-4-9-22)20(28)24-19-15-5-2-3-6-17(15)26(25-19)11-12-27/h2-3,5-8,13,27H,4,9-12,22H2,1H3,(H,23,29)(H,24,25,28). The number of nitrogens with zero attached hydrogens (tertiary/aromatic N) is 2. The Morgan fingerprint density at radius 3 is 2.73 bits per heavy atom. The quantitative estimate of drug-likeness (QED) is 0.393. The molecule has 3 rings (SSSR count). The Kier molecular flexibility index (Phi) is 6.99. The molecule has 0 bridgehead atoms. The molecule has 2 aromatic carbocycles. The van der Waals surface area contributed by atoms with E-state index < -0.39 is 5.91 Å². The van der Waals surface area contributed by atoms with Crippen LogP contribution >= 0.6 is 0 Å². The summed E-state index contributed by atoms with van der Waals surface area (Å²) in [7, 11) is 1.46. The first kappa shape index (κ1) is 21.3. The largest absolute Gasteiger partial charge is 0.496 e. The third kappa shape index (κ3) is 4.58. The fourth-order valence-electron chi connectivity index (χ4n) is 3.09. The molecule has 0 aliphatic carbocycles. The Morgan fingerprint density at radius 1 is 1.20 bits per heavy atom. The summed E-state index contributed by atoms with van der Waals surface area (Å²) in [6, 6.07) is 12.1. The number of carbonyl (C=O) groups is 2. The number of nitrogens with one attached hydrogen (secondary N) is 2. The highest BCUT2D eigenvalue weighted by molar-refractivity contribution is 6.09. The van der Waals surface area contributed by atoms with Gasteiger partial charge in [0.05, 0.1) is 31.3 Å². The van der Waals surface area contributed by atoms with Crippen molar-refractivity contribution in [2.24, 2.45) is 5.73 Å². The van der Waals surface area contributed by atoms with Gasteiger partial charge in [-0.2, -0.15) is 5.10 Å². The van der Waals surface area contributed by atoms with Crippen LogP contribution in [0.5, 0.6) is 5.75 Å². The molecule has 9 nitrogen and oxygen atoms in total. The van der Waals surface area contributed by atoms with E-state index in [1.807, 2.05) is 24.3 Å². The molecule has 30 heavy (non-hydrogen) atoms. The van der Waals surface area contributed by atoms with Gasteiger partial charge < -0.3 is 26.2 Å². The molecule has 0 saturated heterocycles. The van der Waals surface area contributed by atoms with Crippen LogP contribution in [-0.4, -0.2) is 53.5 Å². The average Bonchev–Trinajstić information content (AvgIpc) is 3.11. The highest BCUT2D eigenvalue weighted by Crippen LogP contribution is 2.24. The van der Waals surface area contributed by atoms with Gasteiger partial charge in [-0.3, -0.25) is 14.3 Å². The number of aliphatic hydroxyl groups is 1. The number of anilines is 1. The number of carbonyl (C=O) groups excluding carboxylic acids is 2. The van der Waals surface area contributed by atoms with Gasteiger partial charge in [0.25, 0.3) is 11.8 Å². The first-order valence-corrected chi connectivity index (χ1v) is 9.63. The number of nitrogens with two attached hydrogens (primary N) is 1. The number of methoxy groups -OCH3 is 1. The van der Waals surface area contributed by atoms with Crippen molar-refractivity contribution in [2.75, 3.05) is 32.1 Å². The number of para-hydroxylation sites is 1. The number of rotatable bonds is 9. The second-order valence-corrected chi connectivity index (χ2v) is 6.58. The second kappa shape index (κ2) is 9.86. The molecule has 0 saturated carbocycles. The summed E-state index contributed by atoms with van der Waals surface area (Å²) in [6.45, 7) is 1.14. The van der Waals surface area contributed by atoms with E-state index in [1.165, 1.54) is 13.2 Å². The van der Waals surface area contributed by atoms with Crippen molar-refractivity contribution < 1.29 is 19.4 Å². The Morgan fingerprint density at radius 2 is 2.00 bits per heavy atom. The van der Waals surface area contributed by atoms with Gasteiger partial charge in [-0.15, -0.1) is 0 Å². The zero-order chi connectivity index (χ0) is 21.5. The summed E-state index contributed by atoms with van der Waals surface area (Å²) in [5, 5.41) is 20.0. The van der Waals surface area contributed by atoms with E-state index in [9.17, 15) is 14.7 Å². The zero-order valence-electron chi connectivity index (χ0n) is 16.7. The van der Waals surface area contributed by atoms with Crippen molar-refractivity contribution in [1.29, 1.82) is 0 Å². The lowest BCUT2D eigenvalue weighted by Crippen LogP contribution is -2.26. The van der Waals surface area contributed by atoms with E-state index in [1.54, 1.807) is 16.8 Å². The molecule has 0 unspecified atom stereocenters. The predicted molar refractivity (Wildman–Crippen MR) is 114 cm³/mol. The number of aliphatic hydroxyl groups excluding tert-OH is 1. The van der Waals surface area contributed by atoms with Gasteiger partial charge in [-0.1, -0.05) is 12.1 Å². The summed E-state index contributed by atoms with van der Waals surface area (Å²) in [5.74, 6) is 0.00368. The first-order valence-electron chi connectivity index (χ1n) is 9.63. The first-order chi connectivity index (χ1) is 14.6. The zero-order valence-corrected chi connectivity index (χ0v) is 16.7. The highest BCUT2D eigenvalue weighted by Gasteiger charge is 2.18. The molecular weight excluding hydrogens is 386 g/mol. The van der Waals surface area contributed by atoms with Crippen LogP contribution in [0.25, 0.3) is 10.9 Å². The van der Waals surface area contributed by atoms with Gasteiger partial charge in [0, 0.05) is 17.5 Å². The van der Waals surface area contributed by atoms with E-state index in [-0.39, 0.29) is 18.1 Å². The van der Waals surface area contributed by atoms with Crippen LogP contribution in [0.15, 0.2) is 42.5 Å². The Labute approximate surface area is 173 Å². The summed E-state index contributed by atoms with van der Waals surface area (Å²) < 4.78 is 6.89. The molecule has 0 aliphatic heterocycles. The lowest BCUT2D eigenvalue weighted by atomic mass is 10.1. The predicted octanol–water partition coefficient (Wildman–Crippen LogP) is 1.37. The van der Waals surface area contributed by atoms with Crippen LogP contribution in [0.1, 0.15) is 27.1 Å². The lowest BCUT2D eigenvalue weighted by molar-refractivity contribution is 0.0950. The third-order valence-corrected chi connectivity index (χ3v) is 4.57. The molecule has 0 fully saturated rings. The summed E-state index contributed by atoms with van der Waals surface area (Å²) in [5.41, 5.74) is 6.81. The van der Waals surface area contributed by atoms with E-state index in [0.717, 1.165) is 10.9 Å². The molecule has 5 N–H and O–H groups in total. The Bertz CT molecular complexity index is 1050. The highest BCUT2D eigenvalue weighted by atomic mass is 16.5. The minimum absolute atomic E-state index is 0.0693. The van der Waals surface area contributed by atoms with Gasteiger partial charge in [-0.05, 0) is 43.3 Å². The average molecular weight is 411 g/mol.